The second kappa shape index (κ2) is 2.69. The van der Waals surface area contributed by atoms with Crippen molar-refractivity contribution in [1.29, 1.82) is 0 Å². The van der Waals surface area contributed by atoms with Crippen LogP contribution in [-0.4, -0.2) is 21.3 Å². The predicted molar refractivity (Wildman–Crippen MR) is 29.9 cm³/mol. The third-order valence-electron chi connectivity index (χ3n) is 1.21. The van der Waals surface area contributed by atoms with E-state index >= 15 is 0 Å². The minimum atomic E-state index is -1.09. The SMILES string of the molecule is [NH2][Al]1[CH2]CCC[O]1. The van der Waals surface area contributed by atoms with E-state index < -0.39 is 14.7 Å². The van der Waals surface area contributed by atoms with E-state index in [1.807, 2.05) is 0 Å². The van der Waals surface area contributed by atoms with Crippen molar-refractivity contribution in [2.24, 2.45) is 4.72 Å². The first-order valence-electron chi connectivity index (χ1n) is 2.77. The molecular weight excluding hydrogens is 105 g/mol. The van der Waals surface area contributed by atoms with Crippen molar-refractivity contribution in [1.82, 2.24) is 0 Å². The molecule has 0 spiro atoms. The molecule has 2 nitrogen and oxygen atoms in total. The van der Waals surface area contributed by atoms with Gasteiger partial charge in [-0.05, 0) is 6.42 Å². The molecule has 7 heavy (non-hydrogen) atoms. The maximum Gasteiger partial charge on any atom is 0.574 e. The lowest BCUT2D eigenvalue weighted by Crippen LogP contribution is -2.32. The van der Waals surface area contributed by atoms with Crippen LogP contribution < -0.4 is 4.72 Å². The van der Waals surface area contributed by atoms with E-state index in [4.69, 9.17) is 8.51 Å². The Balaban J connectivity index is 2.12. The van der Waals surface area contributed by atoms with E-state index in [-0.39, 0.29) is 0 Å². The van der Waals surface area contributed by atoms with Crippen LogP contribution in [0, 0.1) is 0 Å². The summed E-state index contributed by atoms with van der Waals surface area (Å²) in [7, 11) is 0. The van der Waals surface area contributed by atoms with E-state index in [2.05, 4.69) is 0 Å². The van der Waals surface area contributed by atoms with Gasteiger partial charge in [-0.15, -0.1) is 0 Å². The summed E-state index contributed by atoms with van der Waals surface area (Å²) in [4.78, 5) is 0. The molecule has 0 atom stereocenters. The summed E-state index contributed by atoms with van der Waals surface area (Å²) >= 11 is -1.09. The van der Waals surface area contributed by atoms with Crippen molar-refractivity contribution < 1.29 is 3.79 Å². The highest BCUT2D eigenvalue weighted by atomic mass is 27.2. The molecule has 2 N–H and O–H groups in total. The van der Waals surface area contributed by atoms with Gasteiger partial charge in [-0.2, -0.15) is 0 Å². The van der Waals surface area contributed by atoms with Crippen LogP contribution in [0.2, 0.25) is 5.28 Å². The van der Waals surface area contributed by atoms with Crippen molar-refractivity contribution in [3.63, 3.8) is 0 Å². The summed E-state index contributed by atoms with van der Waals surface area (Å²) in [5, 5.41) is 1.18. The van der Waals surface area contributed by atoms with Crippen LogP contribution in [0.5, 0.6) is 0 Å². The van der Waals surface area contributed by atoms with E-state index in [1.165, 1.54) is 18.1 Å². The molecule has 0 aromatic carbocycles. The fourth-order valence-electron chi connectivity index (χ4n) is 0.766. The van der Waals surface area contributed by atoms with E-state index in [0.29, 0.717) is 0 Å². The quantitative estimate of drug-likeness (QED) is 0.459. The average Bonchev–Trinajstić information content (AvgIpc) is 1.69. The Morgan fingerprint density at radius 3 is 2.57 bits per heavy atom. The Bertz CT molecular complexity index is 53.7. The molecule has 1 fully saturated rings. The predicted octanol–water partition coefficient (Wildman–Crippen LogP) is 0.244. The topological polar surface area (TPSA) is 35.2 Å². The molecule has 0 aromatic rings. The standard InChI is InChI=1S/C4H8O.Al.H2N/c1-2-3-4-5;;/h1-4H2;;1H2/q-1;+2;-1. The van der Waals surface area contributed by atoms with E-state index in [1.54, 1.807) is 0 Å². The Kier molecular flexibility index (Phi) is 2.14. The van der Waals surface area contributed by atoms with Crippen LogP contribution in [0.4, 0.5) is 0 Å². The maximum absolute atomic E-state index is 5.55. The van der Waals surface area contributed by atoms with Gasteiger partial charge in [-0.25, -0.2) is 0 Å². The fraction of sp³-hybridized carbons (Fsp3) is 1.00. The highest BCUT2D eigenvalue weighted by Gasteiger charge is 2.18. The van der Waals surface area contributed by atoms with Crippen molar-refractivity contribution >= 4 is 14.7 Å². The molecule has 3 heteroatoms. The molecule has 1 saturated heterocycles. The smallest absolute Gasteiger partial charge is 0.488 e. The van der Waals surface area contributed by atoms with Crippen LogP contribution in [0.25, 0.3) is 0 Å². The van der Waals surface area contributed by atoms with Crippen molar-refractivity contribution in [2.45, 2.75) is 18.1 Å². The zero-order chi connectivity index (χ0) is 5.11. The molecule has 0 saturated carbocycles. The summed E-state index contributed by atoms with van der Waals surface area (Å²) in [6, 6.07) is 0. The molecule has 0 bridgehead atoms. The molecule has 1 aliphatic rings. The Labute approximate surface area is 48.6 Å². The Hall–Kier alpha value is 0.452. The van der Waals surface area contributed by atoms with E-state index in [9.17, 15) is 0 Å². The lowest BCUT2D eigenvalue weighted by atomic mass is 10.4. The summed E-state index contributed by atoms with van der Waals surface area (Å²) in [5.41, 5.74) is 0. The van der Waals surface area contributed by atoms with Gasteiger partial charge >= 0.3 is 14.7 Å². The molecule has 0 radical (unpaired) electrons. The number of hydrogen-bond acceptors (Lipinski definition) is 2. The van der Waals surface area contributed by atoms with Gasteiger partial charge in [0.1, 0.15) is 0 Å². The summed E-state index contributed by atoms with van der Waals surface area (Å²) in [5.74, 6) is 0. The molecule has 0 aromatic heterocycles. The third-order valence-corrected chi connectivity index (χ3v) is 2.86. The number of nitrogens with two attached hydrogens (primary N) is 1. The van der Waals surface area contributed by atoms with Gasteiger partial charge in [0.2, 0.25) is 0 Å². The third kappa shape index (κ3) is 1.79. The molecule has 40 valence electrons. The second-order valence-corrected chi connectivity index (χ2v) is 3.89. The van der Waals surface area contributed by atoms with Crippen LogP contribution in [0.15, 0.2) is 0 Å². The van der Waals surface area contributed by atoms with Crippen LogP contribution in [0.1, 0.15) is 12.8 Å². The minimum Gasteiger partial charge on any atom is -0.488 e. The fourth-order valence-corrected chi connectivity index (χ4v) is 2.09. The van der Waals surface area contributed by atoms with Gasteiger partial charge in [0.25, 0.3) is 0 Å². The van der Waals surface area contributed by atoms with Gasteiger partial charge in [0.15, 0.2) is 0 Å². The van der Waals surface area contributed by atoms with Crippen LogP contribution in [0.3, 0.4) is 0 Å². The molecular formula is C4H10AlNO. The van der Waals surface area contributed by atoms with Crippen LogP contribution >= 0.6 is 0 Å². The molecule has 1 aliphatic heterocycles. The first-order valence-corrected chi connectivity index (χ1v) is 4.72. The minimum absolute atomic E-state index is 0.924. The van der Waals surface area contributed by atoms with Gasteiger partial charge < -0.3 is 8.51 Å². The zero-order valence-corrected chi connectivity index (χ0v) is 5.55. The molecule has 1 rings (SSSR count). The first kappa shape index (κ1) is 5.59. The molecule has 1 heterocycles. The highest BCUT2D eigenvalue weighted by molar-refractivity contribution is 6.48. The zero-order valence-electron chi connectivity index (χ0n) is 4.39. The maximum atomic E-state index is 5.55. The van der Waals surface area contributed by atoms with Crippen molar-refractivity contribution in [3.8, 4) is 0 Å². The summed E-state index contributed by atoms with van der Waals surface area (Å²) in [6.45, 7) is 0.924. The Morgan fingerprint density at radius 2 is 2.29 bits per heavy atom. The second-order valence-electron chi connectivity index (χ2n) is 1.91. The van der Waals surface area contributed by atoms with Gasteiger partial charge in [-0.1, -0.05) is 11.7 Å². The average molecular weight is 115 g/mol. The van der Waals surface area contributed by atoms with Crippen LogP contribution in [-0.2, 0) is 3.79 Å². The summed E-state index contributed by atoms with van der Waals surface area (Å²) < 4.78 is 10.7. The largest absolute Gasteiger partial charge is 0.574 e. The van der Waals surface area contributed by atoms with Gasteiger partial charge in [0.05, 0.1) is 0 Å². The Morgan fingerprint density at radius 1 is 1.43 bits per heavy atom. The van der Waals surface area contributed by atoms with E-state index in [0.717, 1.165) is 6.61 Å². The summed E-state index contributed by atoms with van der Waals surface area (Å²) in [6.07, 6.45) is 2.52. The lowest BCUT2D eigenvalue weighted by molar-refractivity contribution is 0.287. The van der Waals surface area contributed by atoms with Gasteiger partial charge in [-0.3, -0.25) is 0 Å². The number of hydrogen-bond donors (Lipinski definition) is 1. The normalized spacial score (nSPS) is 22.7. The monoisotopic (exact) mass is 115 g/mol. The van der Waals surface area contributed by atoms with Gasteiger partial charge in [0, 0.05) is 6.61 Å². The molecule has 0 amide bonds. The molecule has 0 unspecified atom stereocenters. The number of rotatable bonds is 0. The molecule has 0 aliphatic carbocycles. The van der Waals surface area contributed by atoms with Crippen molar-refractivity contribution in [3.05, 3.63) is 0 Å². The first-order chi connectivity index (χ1) is 3.39. The van der Waals surface area contributed by atoms with Crippen molar-refractivity contribution in [2.75, 3.05) is 6.61 Å². The lowest BCUT2D eigenvalue weighted by Gasteiger charge is -2.12. The highest BCUT2D eigenvalue weighted by Crippen LogP contribution is 2.05.